The fourth-order valence-corrected chi connectivity index (χ4v) is 1.70. The first kappa shape index (κ1) is 9.59. The van der Waals surface area contributed by atoms with Crippen LogP contribution in [0.3, 0.4) is 0 Å². The molecule has 1 saturated carbocycles. The van der Waals surface area contributed by atoms with E-state index >= 15 is 0 Å². The van der Waals surface area contributed by atoms with E-state index in [1.807, 2.05) is 6.20 Å². The SMILES string of the molecule is Cc1nc(CCCN)cnc1C1CC1. The normalized spacial score (nSPS) is 15.9. The number of aromatic nitrogens is 2. The zero-order chi connectivity index (χ0) is 9.97. The van der Waals surface area contributed by atoms with Crippen molar-refractivity contribution in [1.29, 1.82) is 0 Å². The van der Waals surface area contributed by atoms with Crippen molar-refractivity contribution < 1.29 is 0 Å². The van der Waals surface area contributed by atoms with Crippen molar-refractivity contribution in [1.82, 2.24) is 9.97 Å². The van der Waals surface area contributed by atoms with Gasteiger partial charge in [-0.3, -0.25) is 9.97 Å². The summed E-state index contributed by atoms with van der Waals surface area (Å²) >= 11 is 0. The Bertz CT molecular complexity index is 318. The fraction of sp³-hybridized carbons (Fsp3) is 0.636. The van der Waals surface area contributed by atoms with E-state index < -0.39 is 0 Å². The van der Waals surface area contributed by atoms with Crippen LogP contribution in [0.1, 0.15) is 42.3 Å². The van der Waals surface area contributed by atoms with E-state index in [0.29, 0.717) is 5.92 Å². The van der Waals surface area contributed by atoms with Gasteiger partial charge in [0.15, 0.2) is 0 Å². The fourth-order valence-electron chi connectivity index (χ4n) is 1.70. The Morgan fingerprint density at radius 1 is 1.50 bits per heavy atom. The second-order valence-electron chi connectivity index (χ2n) is 4.00. The maximum Gasteiger partial charge on any atom is 0.0646 e. The zero-order valence-electron chi connectivity index (χ0n) is 8.66. The predicted octanol–water partition coefficient (Wildman–Crippen LogP) is 1.55. The van der Waals surface area contributed by atoms with Crippen LogP contribution in [0.15, 0.2) is 6.20 Å². The lowest BCUT2D eigenvalue weighted by Gasteiger charge is -2.04. The third kappa shape index (κ3) is 2.10. The molecule has 1 aromatic rings. The van der Waals surface area contributed by atoms with E-state index in [2.05, 4.69) is 16.9 Å². The Kier molecular flexibility index (Phi) is 2.77. The second kappa shape index (κ2) is 4.05. The van der Waals surface area contributed by atoms with Crippen LogP contribution in [0.4, 0.5) is 0 Å². The predicted molar refractivity (Wildman–Crippen MR) is 56.1 cm³/mol. The highest BCUT2D eigenvalue weighted by atomic mass is 14.8. The Labute approximate surface area is 84.8 Å². The van der Waals surface area contributed by atoms with Crippen molar-refractivity contribution >= 4 is 0 Å². The van der Waals surface area contributed by atoms with E-state index in [9.17, 15) is 0 Å². The molecule has 0 aromatic carbocycles. The van der Waals surface area contributed by atoms with Crippen LogP contribution in [0.2, 0.25) is 0 Å². The van der Waals surface area contributed by atoms with Gasteiger partial charge in [0.1, 0.15) is 0 Å². The van der Waals surface area contributed by atoms with Crippen LogP contribution < -0.4 is 5.73 Å². The molecule has 2 rings (SSSR count). The van der Waals surface area contributed by atoms with Crippen molar-refractivity contribution in [3.63, 3.8) is 0 Å². The molecule has 1 aliphatic carbocycles. The van der Waals surface area contributed by atoms with Crippen molar-refractivity contribution in [2.24, 2.45) is 5.73 Å². The van der Waals surface area contributed by atoms with Gasteiger partial charge in [-0.05, 0) is 39.2 Å². The van der Waals surface area contributed by atoms with Gasteiger partial charge in [-0.1, -0.05) is 0 Å². The lowest BCUT2D eigenvalue weighted by Crippen LogP contribution is -2.04. The summed E-state index contributed by atoms with van der Waals surface area (Å²) in [5, 5.41) is 0. The quantitative estimate of drug-likeness (QED) is 0.785. The standard InChI is InChI=1S/C11H17N3/c1-8-11(9-4-5-9)13-7-10(14-8)3-2-6-12/h7,9H,2-6,12H2,1H3. The number of aryl methyl sites for hydroxylation is 2. The van der Waals surface area contributed by atoms with Gasteiger partial charge in [0.05, 0.1) is 17.1 Å². The molecule has 3 nitrogen and oxygen atoms in total. The summed E-state index contributed by atoms with van der Waals surface area (Å²) in [5.41, 5.74) is 8.86. The molecule has 0 amide bonds. The average Bonchev–Trinajstić information content (AvgIpc) is 2.98. The number of rotatable bonds is 4. The lowest BCUT2D eigenvalue weighted by molar-refractivity contribution is 0.789. The molecule has 0 radical (unpaired) electrons. The summed E-state index contributed by atoms with van der Waals surface area (Å²) in [4.78, 5) is 9.04. The van der Waals surface area contributed by atoms with Crippen molar-refractivity contribution in [2.45, 2.75) is 38.5 Å². The molecule has 14 heavy (non-hydrogen) atoms. The molecular formula is C11H17N3. The minimum Gasteiger partial charge on any atom is -0.330 e. The van der Waals surface area contributed by atoms with E-state index in [1.54, 1.807) is 0 Å². The second-order valence-corrected chi connectivity index (χ2v) is 4.00. The average molecular weight is 191 g/mol. The van der Waals surface area contributed by atoms with Crippen LogP contribution in [0, 0.1) is 6.92 Å². The molecule has 0 unspecified atom stereocenters. The molecule has 1 fully saturated rings. The Morgan fingerprint density at radius 3 is 2.86 bits per heavy atom. The maximum absolute atomic E-state index is 5.45. The van der Waals surface area contributed by atoms with E-state index in [0.717, 1.165) is 30.8 Å². The number of hydrogen-bond acceptors (Lipinski definition) is 3. The first-order chi connectivity index (χ1) is 6.81. The summed E-state index contributed by atoms with van der Waals surface area (Å²) in [6, 6.07) is 0. The molecule has 1 heterocycles. The Balaban J connectivity index is 2.09. The van der Waals surface area contributed by atoms with Crippen molar-refractivity contribution in [2.75, 3.05) is 6.54 Å². The minimum atomic E-state index is 0.700. The van der Waals surface area contributed by atoms with Gasteiger partial charge < -0.3 is 5.73 Å². The van der Waals surface area contributed by atoms with Gasteiger partial charge in [-0.25, -0.2) is 0 Å². The van der Waals surface area contributed by atoms with E-state index in [-0.39, 0.29) is 0 Å². The summed E-state index contributed by atoms with van der Waals surface area (Å²) in [5.74, 6) is 0.700. The number of hydrogen-bond donors (Lipinski definition) is 1. The number of nitrogens with two attached hydrogens (primary N) is 1. The molecule has 0 spiro atoms. The Morgan fingerprint density at radius 2 is 2.29 bits per heavy atom. The summed E-state index contributed by atoms with van der Waals surface area (Å²) in [6.45, 7) is 2.79. The maximum atomic E-state index is 5.45. The van der Waals surface area contributed by atoms with Crippen molar-refractivity contribution in [3.05, 3.63) is 23.3 Å². The molecule has 0 aliphatic heterocycles. The number of nitrogens with zero attached hydrogens (tertiary/aromatic N) is 2. The van der Waals surface area contributed by atoms with Crippen LogP contribution in [0.25, 0.3) is 0 Å². The van der Waals surface area contributed by atoms with Crippen LogP contribution in [-0.2, 0) is 6.42 Å². The highest BCUT2D eigenvalue weighted by Crippen LogP contribution is 2.39. The smallest absolute Gasteiger partial charge is 0.0646 e. The van der Waals surface area contributed by atoms with Gasteiger partial charge in [0.25, 0.3) is 0 Å². The van der Waals surface area contributed by atoms with Crippen LogP contribution in [0.5, 0.6) is 0 Å². The highest BCUT2D eigenvalue weighted by molar-refractivity contribution is 5.20. The van der Waals surface area contributed by atoms with Gasteiger partial charge in [-0.2, -0.15) is 0 Å². The first-order valence-corrected chi connectivity index (χ1v) is 5.33. The highest BCUT2D eigenvalue weighted by Gasteiger charge is 2.26. The molecule has 1 aliphatic rings. The summed E-state index contributed by atoms with van der Waals surface area (Å²) in [6.07, 6.45) is 6.44. The molecule has 0 bridgehead atoms. The Hall–Kier alpha value is -0.960. The topological polar surface area (TPSA) is 51.8 Å². The minimum absolute atomic E-state index is 0.700. The van der Waals surface area contributed by atoms with E-state index in [4.69, 9.17) is 5.73 Å². The van der Waals surface area contributed by atoms with Gasteiger partial charge in [0, 0.05) is 12.1 Å². The first-order valence-electron chi connectivity index (χ1n) is 5.33. The van der Waals surface area contributed by atoms with E-state index in [1.165, 1.54) is 18.5 Å². The third-order valence-electron chi connectivity index (χ3n) is 2.64. The molecule has 0 saturated heterocycles. The third-order valence-corrected chi connectivity index (χ3v) is 2.64. The van der Waals surface area contributed by atoms with Gasteiger partial charge in [0.2, 0.25) is 0 Å². The lowest BCUT2D eigenvalue weighted by atomic mass is 10.2. The molecule has 76 valence electrons. The molecular weight excluding hydrogens is 174 g/mol. The summed E-state index contributed by atoms with van der Waals surface area (Å²) < 4.78 is 0. The van der Waals surface area contributed by atoms with Crippen LogP contribution >= 0.6 is 0 Å². The summed E-state index contributed by atoms with van der Waals surface area (Å²) in [7, 11) is 0. The van der Waals surface area contributed by atoms with Crippen molar-refractivity contribution in [3.8, 4) is 0 Å². The van der Waals surface area contributed by atoms with Crippen LogP contribution in [-0.4, -0.2) is 16.5 Å². The zero-order valence-corrected chi connectivity index (χ0v) is 8.66. The molecule has 3 heteroatoms. The molecule has 1 aromatic heterocycles. The molecule has 0 atom stereocenters. The largest absolute Gasteiger partial charge is 0.330 e. The monoisotopic (exact) mass is 191 g/mol. The molecule has 2 N–H and O–H groups in total. The van der Waals surface area contributed by atoms with Gasteiger partial charge in [-0.15, -0.1) is 0 Å². The van der Waals surface area contributed by atoms with Gasteiger partial charge >= 0.3 is 0 Å².